The van der Waals surface area contributed by atoms with E-state index in [1.54, 1.807) is 6.07 Å². The fourth-order valence-electron chi connectivity index (χ4n) is 1.30. The van der Waals surface area contributed by atoms with Crippen molar-refractivity contribution in [3.63, 3.8) is 0 Å². The van der Waals surface area contributed by atoms with Gasteiger partial charge in [0.05, 0.1) is 22.2 Å². The summed E-state index contributed by atoms with van der Waals surface area (Å²) in [6.07, 6.45) is -3.53. The Morgan fingerprint density at radius 2 is 2.06 bits per heavy atom. The molecule has 1 aromatic rings. The number of hydrogen-bond acceptors (Lipinski definition) is 2. The minimum atomic E-state index is -4.56. The molecule has 7 heteroatoms. The molecule has 0 aliphatic rings. The third-order valence-corrected chi connectivity index (χ3v) is 2.60. The van der Waals surface area contributed by atoms with E-state index in [4.69, 9.17) is 11.0 Å². The van der Waals surface area contributed by atoms with Gasteiger partial charge in [0, 0.05) is 10.0 Å². The van der Waals surface area contributed by atoms with Crippen molar-refractivity contribution in [2.45, 2.75) is 6.18 Å². The smallest absolute Gasteiger partial charge is 0.390 e. The number of nitriles is 1. The molecular formula is C11H6BrF3N2S. The zero-order valence-electron chi connectivity index (χ0n) is 8.75. The van der Waals surface area contributed by atoms with E-state index in [0.717, 1.165) is 12.1 Å². The highest BCUT2D eigenvalue weighted by molar-refractivity contribution is 9.10. The molecule has 2 nitrogen and oxygen atoms in total. The highest BCUT2D eigenvalue weighted by Crippen LogP contribution is 2.36. The lowest BCUT2D eigenvalue weighted by Crippen LogP contribution is -2.10. The molecule has 2 N–H and O–H groups in total. The maximum Gasteiger partial charge on any atom is 0.417 e. The van der Waals surface area contributed by atoms with Crippen LogP contribution in [0.5, 0.6) is 0 Å². The van der Waals surface area contributed by atoms with Crippen LogP contribution < -0.4 is 5.73 Å². The number of nitrogens with zero attached hydrogens (tertiary/aromatic N) is 1. The second kappa shape index (κ2) is 5.50. The zero-order chi connectivity index (χ0) is 13.9. The minimum Gasteiger partial charge on any atom is -0.390 e. The van der Waals surface area contributed by atoms with Crippen molar-refractivity contribution in [1.29, 1.82) is 5.26 Å². The van der Waals surface area contributed by atoms with E-state index < -0.39 is 11.7 Å². The lowest BCUT2D eigenvalue weighted by Gasteiger charge is -2.12. The Morgan fingerprint density at radius 3 is 2.50 bits per heavy atom. The van der Waals surface area contributed by atoms with Gasteiger partial charge >= 0.3 is 6.18 Å². The molecule has 18 heavy (non-hydrogen) atoms. The molecule has 0 amide bonds. The summed E-state index contributed by atoms with van der Waals surface area (Å²) in [6, 6.07) is 5.17. The topological polar surface area (TPSA) is 49.8 Å². The number of rotatable bonds is 2. The van der Waals surface area contributed by atoms with Crippen LogP contribution in [0.4, 0.5) is 13.2 Å². The predicted octanol–water partition coefficient (Wildman–Crippen LogP) is 3.66. The van der Waals surface area contributed by atoms with Gasteiger partial charge in [0.1, 0.15) is 0 Å². The quantitative estimate of drug-likeness (QED) is 0.510. The Balaban J connectivity index is 3.51. The number of allylic oxidation sites excluding steroid dienone is 1. The van der Waals surface area contributed by atoms with Gasteiger partial charge in [-0.05, 0) is 18.2 Å². The first-order valence-corrected chi connectivity index (χ1v) is 5.74. The van der Waals surface area contributed by atoms with Crippen molar-refractivity contribution in [3.8, 4) is 6.07 Å². The summed E-state index contributed by atoms with van der Waals surface area (Å²) in [6.45, 7) is 0. The summed E-state index contributed by atoms with van der Waals surface area (Å²) >= 11 is 7.52. The van der Waals surface area contributed by atoms with Crippen LogP contribution in [0.15, 0.2) is 28.7 Å². The summed E-state index contributed by atoms with van der Waals surface area (Å²) in [7, 11) is 0. The van der Waals surface area contributed by atoms with Crippen molar-refractivity contribution >= 4 is 38.7 Å². The molecule has 0 aliphatic carbocycles. The van der Waals surface area contributed by atoms with E-state index >= 15 is 0 Å². The fourth-order valence-corrected chi connectivity index (χ4v) is 1.78. The van der Waals surface area contributed by atoms with Crippen LogP contribution in [-0.2, 0) is 6.18 Å². The maximum atomic E-state index is 12.8. The van der Waals surface area contributed by atoms with Crippen LogP contribution in [0.3, 0.4) is 0 Å². The highest BCUT2D eigenvalue weighted by atomic mass is 79.9. The summed E-state index contributed by atoms with van der Waals surface area (Å²) in [4.78, 5) is -0.150. The second-order valence-electron chi connectivity index (χ2n) is 3.26. The number of halogens is 4. The van der Waals surface area contributed by atoms with Crippen molar-refractivity contribution in [2.24, 2.45) is 5.73 Å². The van der Waals surface area contributed by atoms with Gasteiger partial charge in [-0.25, -0.2) is 0 Å². The van der Waals surface area contributed by atoms with Crippen LogP contribution >= 0.6 is 28.1 Å². The summed E-state index contributed by atoms with van der Waals surface area (Å²) < 4.78 is 38.8. The molecule has 0 spiro atoms. The first-order chi connectivity index (χ1) is 8.25. The standard InChI is InChI=1S/C11H6BrF3N2S/c12-7-1-2-8(6(5-16)3-10(17)18)9(4-7)11(13,14)15/h1-4H,(H2,17,18). The van der Waals surface area contributed by atoms with E-state index in [1.165, 1.54) is 12.1 Å². The third-order valence-electron chi connectivity index (χ3n) is 1.98. The number of thiocarbonyl (C=S) groups is 1. The van der Waals surface area contributed by atoms with Gasteiger partial charge in [-0.2, -0.15) is 18.4 Å². The van der Waals surface area contributed by atoms with Crippen LogP contribution in [0.25, 0.3) is 5.57 Å². The van der Waals surface area contributed by atoms with E-state index in [2.05, 4.69) is 28.1 Å². The molecule has 94 valence electrons. The molecule has 0 radical (unpaired) electrons. The Bertz CT molecular complexity index is 558. The van der Waals surface area contributed by atoms with Gasteiger partial charge in [-0.3, -0.25) is 0 Å². The normalized spacial score (nSPS) is 12.1. The van der Waals surface area contributed by atoms with Gasteiger partial charge in [0.15, 0.2) is 0 Å². The Labute approximate surface area is 115 Å². The van der Waals surface area contributed by atoms with Crippen molar-refractivity contribution in [3.05, 3.63) is 39.9 Å². The first-order valence-electron chi connectivity index (χ1n) is 4.54. The van der Waals surface area contributed by atoms with Crippen LogP contribution in [0.1, 0.15) is 11.1 Å². The lowest BCUT2D eigenvalue weighted by atomic mass is 10.00. The van der Waals surface area contributed by atoms with Gasteiger partial charge in [0.25, 0.3) is 0 Å². The van der Waals surface area contributed by atoms with Gasteiger partial charge in [0.2, 0.25) is 0 Å². The van der Waals surface area contributed by atoms with Crippen LogP contribution in [-0.4, -0.2) is 4.99 Å². The van der Waals surface area contributed by atoms with Crippen molar-refractivity contribution < 1.29 is 13.2 Å². The van der Waals surface area contributed by atoms with Gasteiger partial charge in [-0.15, -0.1) is 0 Å². The molecule has 0 saturated heterocycles. The highest BCUT2D eigenvalue weighted by Gasteiger charge is 2.34. The number of nitrogens with two attached hydrogens (primary N) is 1. The fraction of sp³-hybridized carbons (Fsp3) is 0.0909. The SMILES string of the molecule is N#CC(=CC(N)=S)c1ccc(Br)cc1C(F)(F)F. The Hall–Kier alpha value is -1.39. The number of alkyl halides is 3. The Kier molecular flexibility index (Phi) is 4.48. The summed E-state index contributed by atoms with van der Waals surface area (Å²) in [5.41, 5.74) is 3.82. The van der Waals surface area contributed by atoms with Crippen LogP contribution in [0.2, 0.25) is 0 Å². The molecule has 1 rings (SSSR count). The molecule has 0 heterocycles. The summed E-state index contributed by atoms with van der Waals surface area (Å²) in [5.74, 6) is 0. The molecule has 0 bridgehead atoms. The molecule has 0 unspecified atom stereocenters. The van der Waals surface area contributed by atoms with Gasteiger partial charge < -0.3 is 5.73 Å². The van der Waals surface area contributed by atoms with Crippen LogP contribution in [0, 0.1) is 11.3 Å². The minimum absolute atomic E-state index is 0.150. The number of hydrogen-bond donors (Lipinski definition) is 1. The Morgan fingerprint density at radius 1 is 1.44 bits per heavy atom. The van der Waals surface area contributed by atoms with E-state index in [1.807, 2.05) is 0 Å². The van der Waals surface area contributed by atoms with E-state index in [-0.39, 0.29) is 20.6 Å². The van der Waals surface area contributed by atoms with E-state index in [0.29, 0.717) is 0 Å². The largest absolute Gasteiger partial charge is 0.417 e. The molecule has 0 saturated carbocycles. The monoisotopic (exact) mass is 334 g/mol. The molecule has 1 aromatic carbocycles. The average Bonchev–Trinajstić information content (AvgIpc) is 2.24. The molecule has 0 atom stereocenters. The molecule has 0 aliphatic heterocycles. The lowest BCUT2D eigenvalue weighted by molar-refractivity contribution is -0.137. The van der Waals surface area contributed by atoms with Crippen molar-refractivity contribution in [1.82, 2.24) is 0 Å². The molecule has 0 aromatic heterocycles. The summed E-state index contributed by atoms with van der Waals surface area (Å²) in [5, 5.41) is 8.88. The maximum absolute atomic E-state index is 12.8. The molecular weight excluding hydrogens is 329 g/mol. The average molecular weight is 335 g/mol. The zero-order valence-corrected chi connectivity index (χ0v) is 11.2. The van der Waals surface area contributed by atoms with Gasteiger partial charge in [-0.1, -0.05) is 34.2 Å². The molecule has 0 fully saturated rings. The predicted molar refractivity (Wildman–Crippen MR) is 69.5 cm³/mol. The first kappa shape index (κ1) is 14.7. The third kappa shape index (κ3) is 3.55. The second-order valence-corrected chi connectivity index (χ2v) is 4.65. The van der Waals surface area contributed by atoms with E-state index in [9.17, 15) is 13.2 Å². The number of benzene rings is 1. The van der Waals surface area contributed by atoms with Crippen molar-refractivity contribution in [2.75, 3.05) is 0 Å².